The zero-order valence-electron chi connectivity index (χ0n) is 12.3. The number of aryl methyl sites for hydroxylation is 1. The minimum absolute atomic E-state index is 0.0706. The summed E-state index contributed by atoms with van der Waals surface area (Å²) in [4.78, 5) is 23.5. The second-order valence-electron chi connectivity index (χ2n) is 5.78. The summed E-state index contributed by atoms with van der Waals surface area (Å²) < 4.78 is 1.80. The van der Waals surface area contributed by atoms with Crippen LogP contribution in [0.5, 0.6) is 0 Å². The van der Waals surface area contributed by atoms with Crippen LogP contribution in [0, 0.1) is 5.41 Å². The molecular formula is C14H22N4O3. The number of aromatic nitrogens is 3. The van der Waals surface area contributed by atoms with E-state index < -0.39 is 11.4 Å². The van der Waals surface area contributed by atoms with E-state index in [2.05, 4.69) is 15.5 Å². The lowest BCUT2D eigenvalue weighted by Crippen LogP contribution is -2.39. The van der Waals surface area contributed by atoms with Gasteiger partial charge in [0.2, 0.25) is 5.91 Å². The fourth-order valence-corrected chi connectivity index (χ4v) is 2.91. The van der Waals surface area contributed by atoms with E-state index in [-0.39, 0.29) is 12.3 Å². The van der Waals surface area contributed by atoms with Crippen molar-refractivity contribution in [1.29, 1.82) is 0 Å². The molecular weight excluding hydrogens is 272 g/mol. The molecule has 0 saturated heterocycles. The van der Waals surface area contributed by atoms with E-state index in [4.69, 9.17) is 0 Å². The molecule has 0 atom stereocenters. The second-order valence-corrected chi connectivity index (χ2v) is 5.78. The van der Waals surface area contributed by atoms with Gasteiger partial charge in [-0.1, -0.05) is 19.3 Å². The molecule has 2 N–H and O–H groups in total. The molecule has 7 nitrogen and oxygen atoms in total. The number of nitrogens with zero attached hydrogens (tertiary/aromatic N) is 3. The predicted molar refractivity (Wildman–Crippen MR) is 75.5 cm³/mol. The van der Waals surface area contributed by atoms with Gasteiger partial charge in [0, 0.05) is 26.4 Å². The SMILES string of the molecule is Cn1cnnc1CCNC(=O)CC1(C(=O)O)CCCCC1. The Bertz CT molecular complexity index is 506. The summed E-state index contributed by atoms with van der Waals surface area (Å²) in [6, 6.07) is 0. The normalized spacial score (nSPS) is 17.4. The van der Waals surface area contributed by atoms with Crippen LogP contribution in [0.1, 0.15) is 44.3 Å². The lowest BCUT2D eigenvalue weighted by Gasteiger charge is -2.32. The standard InChI is InChI=1S/C14H22N4O3/c1-18-10-16-17-11(18)5-8-15-12(19)9-14(13(20)21)6-3-2-4-7-14/h10H,2-9H2,1H3,(H,15,19)(H,20,21). The van der Waals surface area contributed by atoms with E-state index in [1.807, 2.05) is 7.05 Å². The molecule has 116 valence electrons. The number of carbonyl (C=O) groups excluding carboxylic acids is 1. The van der Waals surface area contributed by atoms with Crippen LogP contribution >= 0.6 is 0 Å². The zero-order chi connectivity index (χ0) is 15.3. The number of carboxylic acids is 1. The van der Waals surface area contributed by atoms with E-state index in [1.165, 1.54) is 0 Å². The van der Waals surface area contributed by atoms with Gasteiger partial charge in [-0.15, -0.1) is 10.2 Å². The molecule has 1 aromatic heterocycles. The smallest absolute Gasteiger partial charge is 0.310 e. The highest BCUT2D eigenvalue weighted by atomic mass is 16.4. The molecule has 7 heteroatoms. The minimum Gasteiger partial charge on any atom is -0.481 e. The highest BCUT2D eigenvalue weighted by molar-refractivity contribution is 5.85. The van der Waals surface area contributed by atoms with Crippen LogP contribution in [-0.4, -0.2) is 38.3 Å². The van der Waals surface area contributed by atoms with Crippen LogP contribution in [0.3, 0.4) is 0 Å². The topological polar surface area (TPSA) is 97.1 Å². The number of nitrogens with one attached hydrogen (secondary N) is 1. The number of amides is 1. The van der Waals surface area contributed by atoms with Crippen molar-refractivity contribution in [3.05, 3.63) is 12.2 Å². The van der Waals surface area contributed by atoms with Gasteiger partial charge in [0.05, 0.1) is 5.41 Å². The Balaban J connectivity index is 1.82. The Morgan fingerprint density at radius 3 is 2.67 bits per heavy atom. The van der Waals surface area contributed by atoms with Gasteiger partial charge < -0.3 is 15.0 Å². The van der Waals surface area contributed by atoms with Gasteiger partial charge in [-0.2, -0.15) is 0 Å². The molecule has 0 spiro atoms. The van der Waals surface area contributed by atoms with Crippen molar-refractivity contribution in [2.75, 3.05) is 6.54 Å². The zero-order valence-corrected chi connectivity index (χ0v) is 12.3. The Hall–Kier alpha value is -1.92. The summed E-state index contributed by atoms with van der Waals surface area (Å²) in [5.41, 5.74) is -0.868. The Labute approximate surface area is 123 Å². The lowest BCUT2D eigenvalue weighted by atomic mass is 9.71. The van der Waals surface area contributed by atoms with Crippen molar-refractivity contribution < 1.29 is 14.7 Å². The molecule has 1 heterocycles. The van der Waals surface area contributed by atoms with Crippen molar-refractivity contribution in [1.82, 2.24) is 20.1 Å². The Morgan fingerprint density at radius 1 is 1.38 bits per heavy atom. The summed E-state index contributed by atoms with van der Waals surface area (Å²) in [6.07, 6.45) is 6.29. The summed E-state index contributed by atoms with van der Waals surface area (Å²) in [6.45, 7) is 0.446. The first-order valence-electron chi connectivity index (χ1n) is 7.36. The van der Waals surface area contributed by atoms with E-state index in [1.54, 1.807) is 10.9 Å². The van der Waals surface area contributed by atoms with Crippen LogP contribution in [0.15, 0.2) is 6.33 Å². The monoisotopic (exact) mass is 294 g/mol. The minimum atomic E-state index is -0.868. The first-order chi connectivity index (χ1) is 10.0. The van der Waals surface area contributed by atoms with Crippen LogP contribution < -0.4 is 5.32 Å². The molecule has 1 aromatic rings. The Kier molecular flexibility index (Phi) is 4.93. The third-order valence-corrected chi connectivity index (χ3v) is 4.24. The van der Waals surface area contributed by atoms with E-state index in [0.29, 0.717) is 25.8 Å². The average molecular weight is 294 g/mol. The van der Waals surface area contributed by atoms with Crippen molar-refractivity contribution >= 4 is 11.9 Å². The molecule has 0 unspecified atom stereocenters. The van der Waals surface area contributed by atoms with Crippen LogP contribution in [-0.2, 0) is 23.1 Å². The lowest BCUT2D eigenvalue weighted by molar-refractivity contribution is -0.154. The maximum Gasteiger partial charge on any atom is 0.310 e. The number of hydrogen-bond donors (Lipinski definition) is 2. The van der Waals surface area contributed by atoms with E-state index >= 15 is 0 Å². The first kappa shape index (κ1) is 15.5. The second kappa shape index (κ2) is 6.69. The fraction of sp³-hybridized carbons (Fsp3) is 0.714. The van der Waals surface area contributed by atoms with Gasteiger partial charge in [-0.05, 0) is 12.8 Å². The number of carbonyl (C=O) groups is 2. The summed E-state index contributed by atoms with van der Waals surface area (Å²) in [5.74, 6) is -0.243. The molecule has 1 saturated carbocycles. The van der Waals surface area contributed by atoms with Gasteiger partial charge in [0.1, 0.15) is 12.2 Å². The van der Waals surface area contributed by atoms with Gasteiger partial charge in [0.25, 0.3) is 0 Å². The van der Waals surface area contributed by atoms with Gasteiger partial charge >= 0.3 is 5.97 Å². The molecule has 0 aromatic carbocycles. The van der Waals surface area contributed by atoms with Gasteiger partial charge in [-0.25, -0.2) is 0 Å². The largest absolute Gasteiger partial charge is 0.481 e. The van der Waals surface area contributed by atoms with Crippen molar-refractivity contribution in [3.8, 4) is 0 Å². The predicted octanol–water partition coefficient (Wildman–Crippen LogP) is 0.899. The third kappa shape index (κ3) is 3.80. The highest BCUT2D eigenvalue weighted by Gasteiger charge is 2.41. The summed E-state index contributed by atoms with van der Waals surface area (Å²) in [5, 5.41) is 19.9. The maximum absolute atomic E-state index is 12.0. The molecule has 0 aliphatic heterocycles. The van der Waals surface area contributed by atoms with Crippen molar-refractivity contribution in [2.45, 2.75) is 44.9 Å². The number of carboxylic acid groups (broad SMARTS) is 1. The van der Waals surface area contributed by atoms with Gasteiger partial charge in [-0.3, -0.25) is 9.59 Å². The molecule has 0 bridgehead atoms. The molecule has 2 rings (SSSR count). The molecule has 0 radical (unpaired) electrons. The number of hydrogen-bond acceptors (Lipinski definition) is 4. The average Bonchev–Trinajstić information content (AvgIpc) is 2.85. The van der Waals surface area contributed by atoms with Crippen LogP contribution in [0.2, 0.25) is 0 Å². The van der Waals surface area contributed by atoms with Gasteiger partial charge in [0.15, 0.2) is 0 Å². The van der Waals surface area contributed by atoms with Crippen LogP contribution in [0.4, 0.5) is 0 Å². The Morgan fingerprint density at radius 2 is 2.10 bits per heavy atom. The number of aliphatic carboxylic acids is 1. The fourth-order valence-electron chi connectivity index (χ4n) is 2.91. The molecule has 1 aliphatic carbocycles. The molecule has 1 fully saturated rings. The summed E-state index contributed by atoms with van der Waals surface area (Å²) in [7, 11) is 1.85. The third-order valence-electron chi connectivity index (χ3n) is 4.24. The quantitative estimate of drug-likeness (QED) is 0.812. The van der Waals surface area contributed by atoms with Crippen molar-refractivity contribution in [3.63, 3.8) is 0 Å². The van der Waals surface area contributed by atoms with E-state index in [0.717, 1.165) is 25.1 Å². The van der Waals surface area contributed by atoms with E-state index in [9.17, 15) is 14.7 Å². The van der Waals surface area contributed by atoms with Crippen LogP contribution in [0.25, 0.3) is 0 Å². The molecule has 21 heavy (non-hydrogen) atoms. The maximum atomic E-state index is 12.0. The first-order valence-corrected chi connectivity index (χ1v) is 7.36. The number of rotatable bonds is 6. The molecule has 1 amide bonds. The summed E-state index contributed by atoms with van der Waals surface area (Å²) >= 11 is 0. The highest BCUT2D eigenvalue weighted by Crippen LogP contribution is 2.39. The van der Waals surface area contributed by atoms with Crippen molar-refractivity contribution in [2.24, 2.45) is 12.5 Å². The molecule has 1 aliphatic rings.